The molecule has 0 aliphatic carbocycles. The van der Waals surface area contributed by atoms with Crippen molar-refractivity contribution in [3.63, 3.8) is 0 Å². The highest BCUT2D eigenvalue weighted by molar-refractivity contribution is 5.96. The molecule has 2 N–H and O–H groups in total. The summed E-state index contributed by atoms with van der Waals surface area (Å²) in [6.07, 6.45) is 8.95. The van der Waals surface area contributed by atoms with Crippen molar-refractivity contribution >= 4 is 10.9 Å². The average molecular weight is 365 g/mol. The highest BCUT2D eigenvalue weighted by Crippen LogP contribution is 2.31. The second-order valence-corrected chi connectivity index (χ2v) is 6.46. The number of aromatic amines is 2. The fraction of sp³-hybridized carbons (Fsp3) is 0. The highest BCUT2D eigenvalue weighted by atomic mass is 16.1. The molecule has 0 aliphatic heterocycles. The minimum absolute atomic E-state index is 0.167. The van der Waals surface area contributed by atoms with Gasteiger partial charge in [-0.25, -0.2) is 0 Å². The van der Waals surface area contributed by atoms with Crippen LogP contribution in [0.25, 0.3) is 44.4 Å². The molecule has 0 aliphatic rings. The van der Waals surface area contributed by atoms with E-state index in [0.29, 0.717) is 5.69 Å². The van der Waals surface area contributed by atoms with Crippen molar-refractivity contribution < 1.29 is 0 Å². The van der Waals surface area contributed by atoms with Crippen molar-refractivity contribution in [3.8, 4) is 33.5 Å². The first-order valence-corrected chi connectivity index (χ1v) is 8.80. The molecule has 5 aromatic rings. The number of fused-ring (bicyclic) bond motifs is 1. The van der Waals surface area contributed by atoms with E-state index in [1.807, 2.05) is 48.8 Å². The quantitative estimate of drug-likeness (QED) is 0.505. The van der Waals surface area contributed by atoms with Gasteiger partial charge < -0.3 is 0 Å². The van der Waals surface area contributed by atoms with Gasteiger partial charge >= 0.3 is 0 Å². The van der Waals surface area contributed by atoms with Gasteiger partial charge in [-0.05, 0) is 53.1 Å². The molecule has 6 heteroatoms. The van der Waals surface area contributed by atoms with Gasteiger partial charge in [-0.1, -0.05) is 6.07 Å². The summed E-state index contributed by atoms with van der Waals surface area (Å²) in [5.41, 5.74) is 6.51. The smallest absolute Gasteiger partial charge is 0.264 e. The molecular formula is C22H15N5O. The molecule has 0 unspecified atom stereocenters. The number of pyridine rings is 3. The van der Waals surface area contributed by atoms with E-state index >= 15 is 0 Å². The lowest BCUT2D eigenvalue weighted by Crippen LogP contribution is -1.93. The monoisotopic (exact) mass is 365 g/mol. The van der Waals surface area contributed by atoms with E-state index in [9.17, 15) is 4.79 Å². The number of nitrogens with one attached hydrogen (secondary N) is 2. The number of aromatic nitrogens is 5. The number of benzene rings is 1. The first-order valence-electron chi connectivity index (χ1n) is 8.80. The maximum Gasteiger partial charge on any atom is 0.264 e. The van der Waals surface area contributed by atoms with Crippen molar-refractivity contribution in [2.24, 2.45) is 0 Å². The summed E-state index contributed by atoms with van der Waals surface area (Å²) >= 11 is 0. The summed E-state index contributed by atoms with van der Waals surface area (Å²) in [4.78, 5) is 24.4. The van der Waals surface area contributed by atoms with Crippen LogP contribution < -0.4 is 5.56 Å². The van der Waals surface area contributed by atoms with Crippen molar-refractivity contribution in [1.29, 1.82) is 0 Å². The predicted octanol–water partition coefficient (Wildman–Crippen LogP) is 4.04. The first-order chi connectivity index (χ1) is 13.8. The van der Waals surface area contributed by atoms with Crippen LogP contribution in [0.2, 0.25) is 0 Å². The van der Waals surface area contributed by atoms with E-state index in [-0.39, 0.29) is 5.56 Å². The van der Waals surface area contributed by atoms with Crippen LogP contribution in [0.4, 0.5) is 0 Å². The molecule has 0 bridgehead atoms. The Balaban J connectivity index is 1.65. The third-order valence-electron chi connectivity index (χ3n) is 4.71. The fourth-order valence-corrected chi connectivity index (χ4v) is 3.34. The Morgan fingerprint density at radius 3 is 2.36 bits per heavy atom. The second kappa shape index (κ2) is 6.59. The van der Waals surface area contributed by atoms with Gasteiger partial charge in [0.25, 0.3) is 5.56 Å². The number of rotatable bonds is 3. The Labute approximate surface area is 160 Å². The zero-order valence-electron chi connectivity index (χ0n) is 14.8. The SMILES string of the molecule is O=c1cc(-c2cncc(-c3ccc4nccc(-c5ccncc5)c4c3)c2)[nH][nH]1. The molecular weight excluding hydrogens is 350 g/mol. The fourth-order valence-electron chi connectivity index (χ4n) is 3.34. The normalized spacial score (nSPS) is 11.0. The first kappa shape index (κ1) is 16.1. The zero-order valence-corrected chi connectivity index (χ0v) is 14.8. The van der Waals surface area contributed by atoms with Crippen LogP contribution in [0.3, 0.4) is 0 Å². The minimum atomic E-state index is -0.167. The number of hydrogen-bond donors (Lipinski definition) is 2. The maximum absolute atomic E-state index is 11.4. The number of hydrogen-bond acceptors (Lipinski definition) is 4. The van der Waals surface area contributed by atoms with Crippen LogP contribution >= 0.6 is 0 Å². The Morgan fingerprint density at radius 2 is 1.54 bits per heavy atom. The predicted molar refractivity (Wildman–Crippen MR) is 109 cm³/mol. The molecule has 6 nitrogen and oxygen atoms in total. The van der Waals surface area contributed by atoms with Gasteiger partial charge in [-0.15, -0.1) is 0 Å². The maximum atomic E-state index is 11.4. The van der Waals surface area contributed by atoms with Crippen molar-refractivity contribution in [3.05, 3.63) is 89.9 Å². The molecule has 0 amide bonds. The summed E-state index contributed by atoms with van der Waals surface area (Å²) in [6.45, 7) is 0. The second-order valence-electron chi connectivity index (χ2n) is 6.46. The van der Waals surface area contributed by atoms with Crippen LogP contribution in [0.1, 0.15) is 0 Å². The molecule has 0 atom stereocenters. The third-order valence-corrected chi connectivity index (χ3v) is 4.71. The van der Waals surface area contributed by atoms with Crippen molar-refractivity contribution in [2.45, 2.75) is 0 Å². The third kappa shape index (κ3) is 2.87. The minimum Gasteiger partial charge on any atom is -0.297 e. The Kier molecular flexibility index (Phi) is 3.80. The van der Waals surface area contributed by atoms with Gasteiger partial charge in [-0.2, -0.15) is 0 Å². The van der Waals surface area contributed by atoms with Crippen molar-refractivity contribution in [2.75, 3.05) is 0 Å². The Morgan fingerprint density at radius 1 is 0.679 bits per heavy atom. The zero-order chi connectivity index (χ0) is 18.9. The van der Waals surface area contributed by atoms with E-state index in [0.717, 1.165) is 38.7 Å². The van der Waals surface area contributed by atoms with Crippen LogP contribution in [0, 0.1) is 0 Å². The highest BCUT2D eigenvalue weighted by Gasteiger charge is 2.09. The molecule has 0 radical (unpaired) electrons. The van der Waals surface area contributed by atoms with Gasteiger partial charge in [0.2, 0.25) is 0 Å². The summed E-state index contributed by atoms with van der Waals surface area (Å²) in [6, 6.07) is 15.7. The lowest BCUT2D eigenvalue weighted by atomic mass is 9.98. The molecule has 0 saturated heterocycles. The molecule has 134 valence electrons. The molecule has 4 heterocycles. The van der Waals surface area contributed by atoms with Gasteiger partial charge in [0.1, 0.15) is 0 Å². The lowest BCUT2D eigenvalue weighted by molar-refractivity contribution is 1.06. The van der Waals surface area contributed by atoms with Crippen LogP contribution in [0.5, 0.6) is 0 Å². The molecule has 0 saturated carbocycles. The van der Waals surface area contributed by atoms with Gasteiger partial charge in [0, 0.05) is 53.6 Å². The van der Waals surface area contributed by atoms with E-state index in [1.165, 1.54) is 6.07 Å². The molecule has 1 aromatic carbocycles. The lowest BCUT2D eigenvalue weighted by Gasteiger charge is -2.09. The summed E-state index contributed by atoms with van der Waals surface area (Å²) in [5, 5.41) is 6.48. The number of H-pyrrole nitrogens is 2. The van der Waals surface area contributed by atoms with E-state index in [4.69, 9.17) is 0 Å². The molecule has 0 fully saturated rings. The van der Waals surface area contributed by atoms with Crippen LogP contribution in [-0.4, -0.2) is 25.1 Å². The van der Waals surface area contributed by atoms with Gasteiger partial charge in [0.15, 0.2) is 0 Å². The van der Waals surface area contributed by atoms with Gasteiger partial charge in [-0.3, -0.25) is 29.9 Å². The van der Waals surface area contributed by atoms with Crippen LogP contribution in [-0.2, 0) is 0 Å². The average Bonchev–Trinajstić information content (AvgIpc) is 3.20. The van der Waals surface area contributed by atoms with E-state index in [1.54, 1.807) is 18.6 Å². The topological polar surface area (TPSA) is 87.3 Å². The summed E-state index contributed by atoms with van der Waals surface area (Å²) in [7, 11) is 0. The van der Waals surface area contributed by atoms with Crippen molar-refractivity contribution in [1.82, 2.24) is 25.1 Å². The Hall–Kier alpha value is -4.06. The van der Waals surface area contributed by atoms with E-state index < -0.39 is 0 Å². The molecule has 5 rings (SSSR count). The molecule has 0 spiro atoms. The Bertz CT molecular complexity index is 1340. The largest absolute Gasteiger partial charge is 0.297 e. The molecule has 4 aromatic heterocycles. The van der Waals surface area contributed by atoms with Gasteiger partial charge in [0.05, 0.1) is 11.2 Å². The summed E-state index contributed by atoms with van der Waals surface area (Å²) in [5.74, 6) is 0. The van der Waals surface area contributed by atoms with E-state index in [2.05, 4.69) is 31.2 Å². The molecule has 28 heavy (non-hydrogen) atoms. The summed E-state index contributed by atoms with van der Waals surface area (Å²) < 4.78 is 0. The van der Waals surface area contributed by atoms with Crippen LogP contribution in [0.15, 0.2) is 84.3 Å². The number of nitrogens with zero attached hydrogens (tertiary/aromatic N) is 3. The standard InChI is InChI=1S/C22H15N5O/c28-22-11-21(26-27-22)17-9-16(12-24-13-17)15-1-2-20-19(10-15)18(5-8-25-20)14-3-6-23-7-4-14/h1-13H,(H2,26,27,28).